The maximum Gasteiger partial charge on any atom is 0.407 e. The van der Waals surface area contributed by atoms with E-state index in [0.29, 0.717) is 22.5 Å². The average molecular weight is 631 g/mol. The van der Waals surface area contributed by atoms with Crippen molar-refractivity contribution in [1.82, 2.24) is 24.2 Å². The molecule has 0 saturated heterocycles. The molecule has 0 aliphatic heterocycles. The highest BCUT2D eigenvalue weighted by molar-refractivity contribution is 7.91. The minimum atomic E-state index is -4.03. The molecule has 3 heterocycles. The number of rotatable bonds is 7. The van der Waals surface area contributed by atoms with Gasteiger partial charge in [0.05, 0.1) is 6.20 Å². The molecule has 1 amide bonds. The maximum atomic E-state index is 15.0. The molecule has 1 unspecified atom stereocenters. The van der Waals surface area contributed by atoms with Gasteiger partial charge in [-0.3, -0.25) is 0 Å². The zero-order chi connectivity index (χ0) is 31.0. The summed E-state index contributed by atoms with van der Waals surface area (Å²) >= 11 is 6.19. The monoisotopic (exact) mass is 630 g/mol. The molecule has 3 atom stereocenters. The Kier molecular flexibility index (Phi) is 8.54. The number of nitrogens with zero attached hydrogens (tertiary/aromatic N) is 4. The van der Waals surface area contributed by atoms with Gasteiger partial charge in [-0.05, 0) is 77.2 Å². The van der Waals surface area contributed by atoms with Crippen LogP contribution >= 0.6 is 11.6 Å². The molecule has 13 heteroatoms. The highest BCUT2D eigenvalue weighted by atomic mass is 35.5. The number of carbonyl (C=O) groups excluding carboxylic acids is 1. The van der Waals surface area contributed by atoms with Crippen LogP contribution in [0.25, 0.3) is 22.4 Å². The third-order valence-corrected chi connectivity index (χ3v) is 10.2. The maximum absolute atomic E-state index is 15.0. The first-order valence-corrected chi connectivity index (χ1v) is 16.1. The first-order chi connectivity index (χ1) is 20.3. The number of anilines is 1. The quantitative estimate of drug-likeness (QED) is 0.318. The van der Waals surface area contributed by atoms with Crippen molar-refractivity contribution in [2.24, 2.45) is 5.92 Å². The van der Waals surface area contributed by atoms with Gasteiger partial charge in [0, 0.05) is 41.0 Å². The lowest BCUT2D eigenvalue weighted by Crippen LogP contribution is -2.46. The summed E-state index contributed by atoms with van der Waals surface area (Å²) in [6, 6.07) is 3.28. The van der Waals surface area contributed by atoms with E-state index in [9.17, 15) is 17.6 Å². The van der Waals surface area contributed by atoms with Crippen molar-refractivity contribution in [2.75, 3.05) is 11.9 Å². The summed E-state index contributed by atoms with van der Waals surface area (Å²) in [7, 11) is -4.03. The van der Waals surface area contributed by atoms with Gasteiger partial charge >= 0.3 is 6.09 Å². The Hall–Kier alpha value is -3.51. The summed E-state index contributed by atoms with van der Waals surface area (Å²) < 4.78 is 48.1. The molecule has 0 radical (unpaired) electrons. The van der Waals surface area contributed by atoms with Crippen molar-refractivity contribution >= 4 is 44.6 Å². The van der Waals surface area contributed by atoms with Crippen LogP contribution in [-0.4, -0.2) is 56.4 Å². The Bertz CT molecular complexity index is 1700. The summed E-state index contributed by atoms with van der Waals surface area (Å²) in [6.45, 7) is 7.40. The highest BCUT2D eigenvalue weighted by Gasteiger charge is 2.40. The van der Waals surface area contributed by atoms with Crippen LogP contribution in [0.3, 0.4) is 0 Å². The first kappa shape index (κ1) is 30.9. The normalized spacial score (nSPS) is 22.7. The topological polar surface area (TPSA) is 128 Å². The third-order valence-electron chi connectivity index (χ3n) is 7.75. The number of hydrogen-bond donors (Lipinski definition) is 2. The SMILES string of the molecule is CC(C)(C)OC(=O)N[C@@H]1CCCC[C@H]1CNc1nc(-c2cn(S(=O)(=O)C3(C)C=C(Cl)C=CC3)c3ncccc23)ncc1F. The fraction of sp³-hybridized carbons (Fsp3) is 0.467. The molecule has 5 rings (SSSR count). The van der Waals surface area contributed by atoms with E-state index in [1.807, 2.05) is 20.8 Å². The Labute approximate surface area is 255 Å². The Morgan fingerprint density at radius 2 is 2.02 bits per heavy atom. The first-order valence-electron chi connectivity index (χ1n) is 14.3. The molecule has 2 N–H and O–H groups in total. The van der Waals surface area contributed by atoms with E-state index in [1.165, 1.54) is 18.5 Å². The molecule has 230 valence electrons. The predicted octanol–water partition coefficient (Wildman–Crippen LogP) is 6.15. The van der Waals surface area contributed by atoms with E-state index in [0.717, 1.165) is 35.9 Å². The van der Waals surface area contributed by atoms with Gasteiger partial charge in [-0.15, -0.1) is 0 Å². The number of aromatic nitrogens is 4. The second-order valence-electron chi connectivity index (χ2n) is 12.2. The molecule has 0 aromatic carbocycles. The number of nitrogens with one attached hydrogen (secondary N) is 2. The van der Waals surface area contributed by atoms with Gasteiger partial charge in [-0.25, -0.2) is 36.5 Å². The largest absolute Gasteiger partial charge is 0.444 e. The van der Waals surface area contributed by atoms with Crippen LogP contribution in [0.1, 0.15) is 59.8 Å². The van der Waals surface area contributed by atoms with E-state index >= 15 is 0 Å². The lowest BCUT2D eigenvalue weighted by molar-refractivity contribution is 0.0472. The number of carbonyl (C=O) groups is 1. The van der Waals surface area contributed by atoms with E-state index in [2.05, 4.69) is 25.6 Å². The minimum Gasteiger partial charge on any atom is -0.444 e. The van der Waals surface area contributed by atoms with Crippen LogP contribution in [0, 0.1) is 11.7 Å². The van der Waals surface area contributed by atoms with Gasteiger partial charge in [-0.1, -0.05) is 30.5 Å². The van der Waals surface area contributed by atoms with Gasteiger partial charge in [0.25, 0.3) is 0 Å². The van der Waals surface area contributed by atoms with E-state index < -0.39 is 32.3 Å². The number of ether oxygens (including phenoxy) is 1. The van der Waals surface area contributed by atoms with Crippen LogP contribution < -0.4 is 10.6 Å². The number of pyridine rings is 1. The van der Waals surface area contributed by atoms with Gasteiger partial charge in [-0.2, -0.15) is 0 Å². The van der Waals surface area contributed by atoms with Crippen LogP contribution in [0.15, 0.2) is 54.0 Å². The van der Waals surface area contributed by atoms with E-state index in [-0.39, 0.29) is 35.7 Å². The van der Waals surface area contributed by atoms with Crippen LogP contribution in [-0.2, 0) is 14.8 Å². The Balaban J connectivity index is 1.42. The standard InChI is InChI=1S/C30H36ClFN6O4S/c1-29(2,3)42-28(39)36-24-12-6-5-9-19(24)16-34-26-23(32)17-35-25(37-26)22-18-38(27-21(22)11-8-14-33-27)43(40,41)30(4)13-7-10-20(31)15-30/h7-8,10-11,14-15,17-19,24H,5-6,9,12-13,16H2,1-4H3,(H,36,39)(H,34,35,37)/t19-,24+,30?/m0/s1. The lowest BCUT2D eigenvalue weighted by atomic mass is 9.84. The number of allylic oxidation sites excluding steroid dienone is 3. The highest BCUT2D eigenvalue weighted by Crippen LogP contribution is 2.36. The molecule has 1 saturated carbocycles. The second kappa shape index (κ2) is 11.9. The lowest BCUT2D eigenvalue weighted by Gasteiger charge is -2.33. The van der Waals surface area contributed by atoms with E-state index in [4.69, 9.17) is 16.3 Å². The summed E-state index contributed by atoms with van der Waals surface area (Å²) in [5, 5.41) is 6.91. The van der Waals surface area contributed by atoms with Crippen LogP contribution in [0.5, 0.6) is 0 Å². The van der Waals surface area contributed by atoms with Gasteiger partial charge < -0.3 is 15.4 Å². The van der Waals surface area contributed by atoms with Crippen molar-refractivity contribution < 1.29 is 22.3 Å². The van der Waals surface area contributed by atoms with Crippen molar-refractivity contribution in [3.05, 3.63) is 59.8 Å². The molecule has 0 spiro atoms. The van der Waals surface area contributed by atoms with Gasteiger partial charge in [0.2, 0.25) is 10.0 Å². The molecule has 2 aliphatic carbocycles. The fourth-order valence-electron chi connectivity index (χ4n) is 5.55. The minimum absolute atomic E-state index is 0.0154. The number of hydrogen-bond acceptors (Lipinski definition) is 8. The summed E-state index contributed by atoms with van der Waals surface area (Å²) in [6.07, 6.45) is 12.3. The smallest absolute Gasteiger partial charge is 0.407 e. The van der Waals surface area contributed by atoms with Crippen molar-refractivity contribution in [1.29, 1.82) is 0 Å². The van der Waals surface area contributed by atoms with Gasteiger partial charge in [0.15, 0.2) is 23.1 Å². The van der Waals surface area contributed by atoms with Gasteiger partial charge in [0.1, 0.15) is 10.3 Å². The molecular weight excluding hydrogens is 595 g/mol. The summed E-state index contributed by atoms with van der Waals surface area (Å²) in [5.41, 5.74) is -0.0137. The molecule has 43 heavy (non-hydrogen) atoms. The summed E-state index contributed by atoms with van der Waals surface area (Å²) in [5.74, 6) is -0.490. The average Bonchev–Trinajstić information content (AvgIpc) is 3.33. The summed E-state index contributed by atoms with van der Waals surface area (Å²) in [4.78, 5) is 25.4. The molecular formula is C30H36ClFN6O4S. The van der Waals surface area contributed by atoms with Crippen molar-refractivity contribution in [2.45, 2.75) is 76.2 Å². The molecule has 1 fully saturated rings. The molecule has 2 aliphatic rings. The fourth-order valence-corrected chi connectivity index (χ4v) is 7.59. The number of alkyl carbamates (subject to hydrolysis) is 1. The zero-order valence-electron chi connectivity index (χ0n) is 24.6. The number of halogens is 2. The van der Waals surface area contributed by atoms with Crippen LogP contribution in [0.2, 0.25) is 0 Å². The second-order valence-corrected chi connectivity index (χ2v) is 14.9. The third kappa shape index (κ3) is 6.54. The van der Waals surface area contributed by atoms with Crippen molar-refractivity contribution in [3.8, 4) is 11.4 Å². The molecule has 3 aromatic rings. The van der Waals surface area contributed by atoms with E-state index in [1.54, 1.807) is 31.2 Å². The van der Waals surface area contributed by atoms with Crippen molar-refractivity contribution in [3.63, 3.8) is 0 Å². The Morgan fingerprint density at radius 3 is 2.77 bits per heavy atom. The zero-order valence-corrected chi connectivity index (χ0v) is 26.2. The molecule has 3 aromatic heterocycles. The Morgan fingerprint density at radius 1 is 1.26 bits per heavy atom. The van der Waals surface area contributed by atoms with Crippen LogP contribution in [0.4, 0.5) is 15.0 Å². The molecule has 0 bridgehead atoms. The number of amides is 1. The molecule has 10 nitrogen and oxygen atoms in total. The predicted molar refractivity (Wildman–Crippen MR) is 165 cm³/mol. The number of fused-ring (bicyclic) bond motifs is 1.